The maximum absolute atomic E-state index is 12.3. The lowest BCUT2D eigenvalue weighted by Crippen LogP contribution is -2.09. The largest absolute Gasteiger partial charge is 0.299 e. The Kier molecular flexibility index (Phi) is 4.71. The van der Waals surface area contributed by atoms with Crippen LogP contribution in [0.2, 0.25) is 0 Å². The molecule has 0 unspecified atom stereocenters. The van der Waals surface area contributed by atoms with Crippen LogP contribution in [0.5, 0.6) is 0 Å². The quantitative estimate of drug-likeness (QED) is 0.866. The molecular formula is C19H16N2O. The minimum absolute atomic E-state index is 0.0800. The van der Waals surface area contributed by atoms with Gasteiger partial charge in [0.2, 0.25) is 0 Å². The van der Waals surface area contributed by atoms with E-state index in [9.17, 15) is 4.79 Å². The second-order valence-corrected chi connectivity index (χ2v) is 5.40. The summed E-state index contributed by atoms with van der Waals surface area (Å²) in [5.41, 5.74) is 4.92. The molecule has 0 atom stereocenters. The van der Waals surface area contributed by atoms with Crippen LogP contribution >= 0.6 is 0 Å². The highest BCUT2D eigenvalue weighted by Crippen LogP contribution is 2.15. The molecule has 0 aliphatic heterocycles. The first-order valence-electron chi connectivity index (χ1n) is 7.04. The number of hydrogen-bond acceptors (Lipinski definition) is 3. The molecule has 2 rings (SSSR count). The number of nitriles is 2. The maximum atomic E-state index is 12.3. The summed E-state index contributed by atoms with van der Waals surface area (Å²) in [6.45, 7) is 3.87. The molecule has 0 radical (unpaired) electrons. The van der Waals surface area contributed by atoms with Crippen molar-refractivity contribution in [3.63, 3.8) is 0 Å². The van der Waals surface area contributed by atoms with Gasteiger partial charge in [0.15, 0.2) is 0 Å². The number of aryl methyl sites for hydroxylation is 2. The molecule has 0 fully saturated rings. The van der Waals surface area contributed by atoms with Crippen molar-refractivity contribution in [1.29, 1.82) is 10.5 Å². The van der Waals surface area contributed by atoms with Crippen LogP contribution in [0.3, 0.4) is 0 Å². The van der Waals surface area contributed by atoms with Gasteiger partial charge >= 0.3 is 0 Å². The molecule has 108 valence electrons. The molecule has 0 heterocycles. The van der Waals surface area contributed by atoms with E-state index < -0.39 is 0 Å². The molecule has 3 heteroatoms. The van der Waals surface area contributed by atoms with Gasteiger partial charge in [0, 0.05) is 12.8 Å². The Hall–Kier alpha value is -2.91. The summed E-state index contributed by atoms with van der Waals surface area (Å²) < 4.78 is 0. The average Bonchev–Trinajstić information content (AvgIpc) is 2.51. The average molecular weight is 288 g/mol. The Balaban J connectivity index is 2.18. The minimum Gasteiger partial charge on any atom is -0.299 e. The van der Waals surface area contributed by atoms with Gasteiger partial charge in [-0.15, -0.1) is 0 Å². The zero-order chi connectivity index (χ0) is 16.1. The van der Waals surface area contributed by atoms with Crippen LogP contribution in [-0.4, -0.2) is 5.78 Å². The van der Waals surface area contributed by atoms with Gasteiger partial charge in [-0.2, -0.15) is 10.5 Å². The fraction of sp³-hybridized carbons (Fsp3) is 0.211. The lowest BCUT2D eigenvalue weighted by molar-refractivity contribution is -0.117. The molecule has 3 nitrogen and oxygen atoms in total. The summed E-state index contributed by atoms with van der Waals surface area (Å²) in [6, 6.07) is 15.0. The fourth-order valence-electron chi connectivity index (χ4n) is 2.35. The molecule has 0 N–H and O–H groups in total. The molecule has 0 aromatic heterocycles. The van der Waals surface area contributed by atoms with E-state index in [2.05, 4.69) is 12.1 Å². The molecule has 0 aliphatic rings. The van der Waals surface area contributed by atoms with Crippen LogP contribution in [0.25, 0.3) is 0 Å². The third kappa shape index (κ3) is 3.59. The molecule has 0 amide bonds. The van der Waals surface area contributed by atoms with Gasteiger partial charge < -0.3 is 0 Å². The van der Waals surface area contributed by atoms with E-state index >= 15 is 0 Å². The summed E-state index contributed by atoms with van der Waals surface area (Å²) in [7, 11) is 0. The lowest BCUT2D eigenvalue weighted by atomic mass is 9.95. The molecule has 0 aliphatic carbocycles. The highest BCUT2D eigenvalue weighted by atomic mass is 16.1. The number of ketones is 1. The zero-order valence-electron chi connectivity index (χ0n) is 12.7. The van der Waals surface area contributed by atoms with Crippen LogP contribution in [-0.2, 0) is 17.6 Å². The summed E-state index contributed by atoms with van der Waals surface area (Å²) >= 11 is 0. The van der Waals surface area contributed by atoms with Crippen LogP contribution in [0.15, 0.2) is 36.4 Å². The standard InChI is InChI=1S/C19H16N2O/c1-13-3-5-15(11-20)7-17(13)9-19(22)10-18-8-16(12-21)6-4-14(18)2/h3-8H,9-10H2,1-2H3. The number of benzene rings is 2. The first-order valence-corrected chi connectivity index (χ1v) is 7.04. The van der Waals surface area contributed by atoms with Crippen LogP contribution < -0.4 is 0 Å². The van der Waals surface area contributed by atoms with Gasteiger partial charge in [-0.3, -0.25) is 4.79 Å². The van der Waals surface area contributed by atoms with Gasteiger partial charge in [-0.05, 0) is 60.4 Å². The Labute approximate surface area is 130 Å². The van der Waals surface area contributed by atoms with E-state index in [4.69, 9.17) is 10.5 Å². The minimum atomic E-state index is 0.0800. The second kappa shape index (κ2) is 6.70. The number of hydrogen-bond donors (Lipinski definition) is 0. The van der Waals surface area contributed by atoms with Crippen molar-refractivity contribution < 1.29 is 4.79 Å². The third-order valence-electron chi connectivity index (χ3n) is 3.73. The molecule has 0 saturated carbocycles. The molecule has 2 aromatic rings. The van der Waals surface area contributed by atoms with Crippen molar-refractivity contribution in [3.05, 3.63) is 69.8 Å². The summed E-state index contributed by atoms with van der Waals surface area (Å²) in [5.74, 6) is 0.0800. The molecule has 0 bridgehead atoms. The smallest absolute Gasteiger partial charge is 0.141 e. The highest BCUT2D eigenvalue weighted by molar-refractivity contribution is 5.83. The number of carbonyl (C=O) groups is 1. The monoisotopic (exact) mass is 288 g/mol. The fourth-order valence-corrected chi connectivity index (χ4v) is 2.35. The Morgan fingerprint density at radius 1 is 0.864 bits per heavy atom. The number of Topliss-reactive ketones (excluding diaryl/α,β-unsaturated/α-hetero) is 1. The van der Waals surface area contributed by atoms with Crippen LogP contribution in [0.1, 0.15) is 33.4 Å². The van der Waals surface area contributed by atoms with Gasteiger partial charge in [0.1, 0.15) is 5.78 Å². The van der Waals surface area contributed by atoms with Gasteiger partial charge in [-0.25, -0.2) is 0 Å². The van der Waals surface area contributed by atoms with E-state index in [-0.39, 0.29) is 5.78 Å². The predicted molar refractivity (Wildman–Crippen MR) is 84.2 cm³/mol. The lowest BCUT2D eigenvalue weighted by Gasteiger charge is -2.08. The van der Waals surface area contributed by atoms with Gasteiger partial charge in [-0.1, -0.05) is 12.1 Å². The third-order valence-corrected chi connectivity index (χ3v) is 3.73. The molecule has 22 heavy (non-hydrogen) atoms. The first kappa shape index (κ1) is 15.5. The zero-order valence-corrected chi connectivity index (χ0v) is 12.7. The van der Waals surface area contributed by atoms with Crippen molar-refractivity contribution in [2.45, 2.75) is 26.7 Å². The van der Waals surface area contributed by atoms with E-state index in [1.807, 2.05) is 26.0 Å². The van der Waals surface area contributed by atoms with Crippen LogP contribution in [0, 0.1) is 36.5 Å². The Morgan fingerprint density at radius 2 is 1.27 bits per heavy atom. The van der Waals surface area contributed by atoms with E-state index in [0.29, 0.717) is 24.0 Å². The van der Waals surface area contributed by atoms with E-state index in [1.54, 1.807) is 24.3 Å². The van der Waals surface area contributed by atoms with Crippen molar-refractivity contribution in [1.82, 2.24) is 0 Å². The van der Waals surface area contributed by atoms with Crippen molar-refractivity contribution >= 4 is 5.78 Å². The predicted octanol–water partition coefficient (Wildman–Crippen LogP) is 3.40. The molecule has 0 spiro atoms. The maximum Gasteiger partial charge on any atom is 0.141 e. The Bertz CT molecular complexity index is 740. The Morgan fingerprint density at radius 3 is 1.64 bits per heavy atom. The second-order valence-electron chi connectivity index (χ2n) is 5.40. The van der Waals surface area contributed by atoms with Crippen molar-refractivity contribution in [2.75, 3.05) is 0 Å². The topological polar surface area (TPSA) is 64.7 Å². The molecular weight excluding hydrogens is 272 g/mol. The number of rotatable bonds is 4. The van der Waals surface area contributed by atoms with Gasteiger partial charge in [0.05, 0.1) is 23.3 Å². The summed E-state index contributed by atoms with van der Waals surface area (Å²) in [4.78, 5) is 12.3. The summed E-state index contributed by atoms with van der Waals surface area (Å²) in [6.07, 6.45) is 0.606. The van der Waals surface area contributed by atoms with E-state index in [1.165, 1.54) is 0 Å². The van der Waals surface area contributed by atoms with Crippen LogP contribution in [0.4, 0.5) is 0 Å². The highest BCUT2D eigenvalue weighted by Gasteiger charge is 2.10. The molecule has 2 aromatic carbocycles. The SMILES string of the molecule is Cc1ccc(C#N)cc1CC(=O)Cc1cc(C#N)ccc1C. The molecule has 0 saturated heterocycles. The van der Waals surface area contributed by atoms with Crippen molar-refractivity contribution in [3.8, 4) is 12.1 Å². The van der Waals surface area contributed by atoms with Gasteiger partial charge in [0.25, 0.3) is 0 Å². The normalized spacial score (nSPS) is 9.82. The number of nitrogens with zero attached hydrogens (tertiary/aromatic N) is 2. The van der Waals surface area contributed by atoms with E-state index in [0.717, 1.165) is 22.3 Å². The first-order chi connectivity index (χ1) is 10.5. The number of carbonyl (C=O) groups excluding carboxylic acids is 1. The van der Waals surface area contributed by atoms with Crippen molar-refractivity contribution in [2.24, 2.45) is 0 Å². The summed E-state index contributed by atoms with van der Waals surface area (Å²) in [5, 5.41) is 17.9.